The molecule has 130 valence electrons. The number of likely N-dealkylation sites (tertiary alicyclic amines) is 1. The molecule has 2 heterocycles. The summed E-state index contributed by atoms with van der Waals surface area (Å²) in [5, 5.41) is 0. The molecule has 0 N–H and O–H groups in total. The predicted molar refractivity (Wildman–Crippen MR) is 89.7 cm³/mol. The molecule has 1 amide bonds. The van der Waals surface area contributed by atoms with E-state index in [0.717, 1.165) is 12.8 Å². The molecule has 2 aliphatic rings. The van der Waals surface area contributed by atoms with Gasteiger partial charge in [-0.1, -0.05) is 12.1 Å². The zero-order valence-electron chi connectivity index (χ0n) is 14.1. The zero-order valence-corrected chi connectivity index (χ0v) is 14.1. The van der Waals surface area contributed by atoms with E-state index in [1.807, 2.05) is 4.90 Å². The van der Waals surface area contributed by atoms with Gasteiger partial charge < -0.3 is 9.64 Å². The third-order valence-electron chi connectivity index (χ3n) is 5.19. The lowest BCUT2D eigenvalue weighted by Gasteiger charge is -2.22. The van der Waals surface area contributed by atoms with Crippen LogP contribution in [-0.4, -0.2) is 40.0 Å². The molecule has 25 heavy (non-hydrogen) atoms. The van der Waals surface area contributed by atoms with Crippen LogP contribution in [0.1, 0.15) is 29.2 Å². The fourth-order valence-corrected chi connectivity index (χ4v) is 3.97. The Morgan fingerprint density at radius 2 is 2.08 bits per heavy atom. The number of carbonyl (C=O) groups excluding carboxylic acids is 1. The molecule has 3 atom stereocenters. The Hall–Kier alpha value is -2.50. The minimum atomic E-state index is -0.339. The average Bonchev–Trinajstić information content (AvgIpc) is 3.18. The van der Waals surface area contributed by atoms with Crippen LogP contribution in [0.5, 0.6) is 5.75 Å². The summed E-state index contributed by atoms with van der Waals surface area (Å²) in [5.74, 6) is 1.13. The van der Waals surface area contributed by atoms with Crippen molar-refractivity contribution < 1.29 is 13.9 Å². The Bertz CT molecular complexity index is 798. The highest BCUT2D eigenvalue weighted by molar-refractivity contribution is 5.92. The SMILES string of the molecule is Cc1nccc(C(=O)N2C[C@@H]3CC[C@H](Oc4ccccc4F)[C@@H]3C2)n1. The summed E-state index contributed by atoms with van der Waals surface area (Å²) in [4.78, 5) is 22.8. The topological polar surface area (TPSA) is 55.3 Å². The van der Waals surface area contributed by atoms with Gasteiger partial charge in [-0.25, -0.2) is 14.4 Å². The van der Waals surface area contributed by atoms with Gasteiger partial charge >= 0.3 is 0 Å². The Kier molecular flexibility index (Phi) is 4.11. The summed E-state index contributed by atoms with van der Waals surface area (Å²) in [6.07, 6.45) is 3.46. The number of carbonyl (C=O) groups is 1. The number of nitrogens with zero attached hydrogens (tertiary/aromatic N) is 3. The minimum Gasteiger partial charge on any atom is -0.487 e. The Morgan fingerprint density at radius 1 is 1.24 bits per heavy atom. The van der Waals surface area contributed by atoms with Gasteiger partial charge in [-0.3, -0.25) is 4.79 Å². The smallest absolute Gasteiger partial charge is 0.272 e. The van der Waals surface area contributed by atoms with Crippen LogP contribution in [0, 0.1) is 24.6 Å². The van der Waals surface area contributed by atoms with Crippen molar-refractivity contribution in [2.75, 3.05) is 13.1 Å². The Labute approximate surface area is 145 Å². The number of ether oxygens (including phenoxy) is 1. The first-order valence-corrected chi connectivity index (χ1v) is 8.62. The standard InChI is InChI=1S/C19H20FN3O2/c1-12-21-9-8-16(22-12)19(24)23-10-13-6-7-17(14(13)11-23)25-18-5-3-2-4-15(18)20/h2-5,8-9,13-14,17H,6-7,10-11H2,1H3/t13-,14+,17-/m0/s1. The maximum atomic E-state index is 13.8. The molecule has 0 unspecified atom stereocenters. The van der Waals surface area contributed by atoms with Gasteiger partial charge in [0.25, 0.3) is 5.91 Å². The number of benzene rings is 1. The molecule has 4 rings (SSSR count). The van der Waals surface area contributed by atoms with Crippen LogP contribution >= 0.6 is 0 Å². The second-order valence-electron chi connectivity index (χ2n) is 6.79. The molecular weight excluding hydrogens is 321 g/mol. The van der Waals surface area contributed by atoms with Crippen molar-refractivity contribution >= 4 is 5.91 Å². The molecule has 1 aromatic heterocycles. The average molecular weight is 341 g/mol. The van der Waals surface area contributed by atoms with E-state index in [2.05, 4.69) is 9.97 Å². The summed E-state index contributed by atoms with van der Waals surface area (Å²) in [5.41, 5.74) is 0.430. The van der Waals surface area contributed by atoms with Gasteiger partial charge in [-0.05, 0) is 43.9 Å². The van der Waals surface area contributed by atoms with E-state index in [9.17, 15) is 9.18 Å². The van der Waals surface area contributed by atoms with Crippen molar-refractivity contribution in [2.45, 2.75) is 25.9 Å². The molecule has 0 spiro atoms. The molecule has 2 aromatic rings. The molecule has 1 saturated carbocycles. The molecule has 1 aliphatic carbocycles. The molecule has 1 saturated heterocycles. The minimum absolute atomic E-state index is 0.0492. The van der Waals surface area contributed by atoms with Crippen molar-refractivity contribution in [2.24, 2.45) is 11.8 Å². The second kappa shape index (κ2) is 6.43. The number of halogens is 1. The fourth-order valence-electron chi connectivity index (χ4n) is 3.97. The maximum absolute atomic E-state index is 13.8. The van der Waals surface area contributed by atoms with Crippen LogP contribution < -0.4 is 4.74 Å². The van der Waals surface area contributed by atoms with Gasteiger partial charge in [0.2, 0.25) is 0 Å². The number of fused-ring (bicyclic) bond motifs is 1. The fraction of sp³-hybridized carbons (Fsp3) is 0.421. The van der Waals surface area contributed by atoms with E-state index in [4.69, 9.17) is 4.74 Å². The van der Waals surface area contributed by atoms with E-state index in [0.29, 0.717) is 36.3 Å². The van der Waals surface area contributed by atoms with Gasteiger partial charge in [-0.15, -0.1) is 0 Å². The normalized spacial score (nSPS) is 25.0. The quantitative estimate of drug-likeness (QED) is 0.861. The van der Waals surface area contributed by atoms with Gasteiger partial charge in [0.15, 0.2) is 11.6 Å². The highest BCUT2D eigenvalue weighted by atomic mass is 19.1. The van der Waals surface area contributed by atoms with Crippen molar-refractivity contribution in [3.8, 4) is 5.75 Å². The molecule has 5 nitrogen and oxygen atoms in total. The highest BCUT2D eigenvalue weighted by Crippen LogP contribution is 2.40. The van der Waals surface area contributed by atoms with Gasteiger partial charge in [0.1, 0.15) is 17.6 Å². The number of rotatable bonds is 3. The molecule has 0 bridgehead atoms. The highest BCUT2D eigenvalue weighted by Gasteiger charge is 2.45. The lowest BCUT2D eigenvalue weighted by Crippen LogP contribution is -2.33. The molecular formula is C19H20FN3O2. The number of para-hydroxylation sites is 1. The Morgan fingerprint density at radius 3 is 2.88 bits per heavy atom. The van der Waals surface area contributed by atoms with Crippen LogP contribution in [-0.2, 0) is 0 Å². The largest absolute Gasteiger partial charge is 0.487 e. The summed E-state index contributed by atoms with van der Waals surface area (Å²) in [6, 6.07) is 8.14. The van der Waals surface area contributed by atoms with E-state index < -0.39 is 0 Å². The van der Waals surface area contributed by atoms with Crippen LogP contribution in [0.15, 0.2) is 36.5 Å². The number of aryl methyl sites for hydroxylation is 1. The molecule has 1 aromatic carbocycles. The van der Waals surface area contributed by atoms with Gasteiger partial charge in [0.05, 0.1) is 0 Å². The van der Waals surface area contributed by atoms with E-state index in [1.165, 1.54) is 6.07 Å². The molecule has 1 aliphatic heterocycles. The van der Waals surface area contributed by atoms with Crippen LogP contribution in [0.2, 0.25) is 0 Å². The van der Waals surface area contributed by atoms with Crippen molar-refractivity contribution in [3.05, 3.63) is 53.9 Å². The van der Waals surface area contributed by atoms with E-state index in [-0.39, 0.29) is 23.7 Å². The van der Waals surface area contributed by atoms with Crippen molar-refractivity contribution in [3.63, 3.8) is 0 Å². The predicted octanol–water partition coefficient (Wildman–Crippen LogP) is 2.85. The first-order valence-electron chi connectivity index (χ1n) is 8.62. The van der Waals surface area contributed by atoms with Crippen molar-refractivity contribution in [1.29, 1.82) is 0 Å². The maximum Gasteiger partial charge on any atom is 0.272 e. The van der Waals surface area contributed by atoms with Crippen LogP contribution in [0.25, 0.3) is 0 Å². The van der Waals surface area contributed by atoms with Crippen molar-refractivity contribution in [1.82, 2.24) is 14.9 Å². The lowest BCUT2D eigenvalue weighted by molar-refractivity contribution is 0.0754. The summed E-state index contributed by atoms with van der Waals surface area (Å²) in [6.45, 7) is 3.11. The third kappa shape index (κ3) is 3.08. The van der Waals surface area contributed by atoms with Gasteiger partial charge in [0, 0.05) is 25.2 Å². The first kappa shape index (κ1) is 16.0. The number of hydrogen-bond donors (Lipinski definition) is 0. The summed E-state index contributed by atoms with van der Waals surface area (Å²) >= 11 is 0. The number of aromatic nitrogens is 2. The number of amides is 1. The van der Waals surface area contributed by atoms with Crippen LogP contribution in [0.3, 0.4) is 0 Å². The zero-order chi connectivity index (χ0) is 17.4. The van der Waals surface area contributed by atoms with E-state index >= 15 is 0 Å². The monoisotopic (exact) mass is 341 g/mol. The summed E-state index contributed by atoms with van der Waals surface area (Å²) in [7, 11) is 0. The lowest BCUT2D eigenvalue weighted by atomic mass is 9.99. The second-order valence-corrected chi connectivity index (χ2v) is 6.79. The van der Waals surface area contributed by atoms with Gasteiger partial charge in [-0.2, -0.15) is 0 Å². The Balaban J connectivity index is 1.46. The third-order valence-corrected chi connectivity index (χ3v) is 5.19. The molecule has 2 fully saturated rings. The summed E-state index contributed by atoms with van der Waals surface area (Å²) < 4.78 is 19.8. The molecule has 0 radical (unpaired) electrons. The number of hydrogen-bond acceptors (Lipinski definition) is 4. The van der Waals surface area contributed by atoms with Crippen LogP contribution in [0.4, 0.5) is 4.39 Å². The molecule has 6 heteroatoms. The van der Waals surface area contributed by atoms with E-state index in [1.54, 1.807) is 37.4 Å². The first-order chi connectivity index (χ1) is 12.1.